The third-order valence-electron chi connectivity index (χ3n) is 6.18. The summed E-state index contributed by atoms with van der Waals surface area (Å²) in [7, 11) is -3.79. The second-order valence-electron chi connectivity index (χ2n) is 8.92. The van der Waals surface area contributed by atoms with Gasteiger partial charge >= 0.3 is 6.55 Å². The number of halogens is 4. The molecule has 1 saturated carbocycles. The standard InChI is InChI=1S/C23H23ClF3N7O2S2/c24-17-7-13(25)1-4-16(17)20-19(12(9-28)10-30-23(26)27)18-8-15(33-38(35,36)32-14-2-3-14)11-34(18)21(31-20)22-29-5-6-37-22/h1,4-7,9-10,14-15,20,23,32-33H,2-3,8,11,28H2/t15-,20-/m0/s1. The molecule has 9 nitrogen and oxygen atoms in total. The van der Waals surface area contributed by atoms with Crippen LogP contribution in [0.2, 0.25) is 5.02 Å². The number of aliphatic imine (C=N–C) groups is 2. The van der Waals surface area contributed by atoms with Crippen LogP contribution in [-0.4, -0.2) is 55.5 Å². The van der Waals surface area contributed by atoms with Crippen LogP contribution in [0, 0.1) is 5.82 Å². The lowest BCUT2D eigenvalue weighted by molar-refractivity contribution is 0.160. The number of alkyl halides is 2. The Morgan fingerprint density at radius 2 is 2.05 bits per heavy atom. The quantitative estimate of drug-likeness (QED) is 0.307. The van der Waals surface area contributed by atoms with Gasteiger partial charge in [0.05, 0.1) is 0 Å². The lowest BCUT2D eigenvalue weighted by atomic mass is 9.89. The van der Waals surface area contributed by atoms with Gasteiger partial charge in [0, 0.05) is 70.9 Å². The van der Waals surface area contributed by atoms with Gasteiger partial charge in [-0.25, -0.2) is 14.4 Å². The lowest BCUT2D eigenvalue weighted by Gasteiger charge is -2.33. The van der Waals surface area contributed by atoms with E-state index < -0.39 is 34.7 Å². The Morgan fingerprint density at radius 1 is 1.29 bits per heavy atom. The number of hydrogen-bond donors (Lipinski definition) is 3. The van der Waals surface area contributed by atoms with Crippen LogP contribution in [-0.2, 0) is 10.2 Å². The van der Waals surface area contributed by atoms with Crippen LogP contribution < -0.4 is 15.2 Å². The van der Waals surface area contributed by atoms with Crippen molar-refractivity contribution in [3.63, 3.8) is 0 Å². The second kappa shape index (κ2) is 10.8. The topological polar surface area (TPSA) is 125 Å². The summed E-state index contributed by atoms with van der Waals surface area (Å²) >= 11 is 7.75. The Bertz CT molecular complexity index is 1440. The Labute approximate surface area is 226 Å². The van der Waals surface area contributed by atoms with E-state index in [0.29, 0.717) is 27.7 Å². The fourth-order valence-electron chi connectivity index (χ4n) is 4.49. The average molecular weight is 586 g/mol. The summed E-state index contributed by atoms with van der Waals surface area (Å²) in [6, 6.07) is 2.29. The van der Waals surface area contributed by atoms with Gasteiger partial charge in [-0.15, -0.1) is 11.3 Å². The second-order valence-corrected chi connectivity index (χ2v) is 11.7. The van der Waals surface area contributed by atoms with Gasteiger partial charge in [0.25, 0.3) is 10.2 Å². The third kappa shape index (κ3) is 5.78. The first-order valence-electron chi connectivity index (χ1n) is 11.6. The molecule has 4 N–H and O–H groups in total. The number of nitrogens with zero attached hydrogens (tertiary/aromatic N) is 4. The van der Waals surface area contributed by atoms with E-state index in [4.69, 9.17) is 22.3 Å². The normalized spacial score (nSPS) is 22.5. The van der Waals surface area contributed by atoms with Crippen molar-refractivity contribution in [2.24, 2.45) is 15.7 Å². The molecule has 5 rings (SSSR count). The van der Waals surface area contributed by atoms with E-state index >= 15 is 0 Å². The smallest absolute Gasteiger partial charge is 0.331 e. The third-order valence-corrected chi connectivity index (χ3v) is 8.56. The predicted molar refractivity (Wildman–Crippen MR) is 140 cm³/mol. The first kappa shape index (κ1) is 26.8. The van der Waals surface area contributed by atoms with Crippen LogP contribution in [0.1, 0.15) is 35.9 Å². The molecule has 2 aliphatic heterocycles. The summed E-state index contributed by atoms with van der Waals surface area (Å²) in [4.78, 5) is 14.3. The predicted octanol–water partition coefficient (Wildman–Crippen LogP) is 3.49. The van der Waals surface area contributed by atoms with Gasteiger partial charge in [-0.2, -0.15) is 26.6 Å². The van der Waals surface area contributed by atoms with Crippen LogP contribution in [0.3, 0.4) is 0 Å². The van der Waals surface area contributed by atoms with Crippen molar-refractivity contribution in [2.45, 2.75) is 43.9 Å². The lowest BCUT2D eigenvalue weighted by Crippen LogP contribution is -2.45. The Balaban J connectivity index is 1.64. The highest BCUT2D eigenvalue weighted by Gasteiger charge is 2.42. The van der Waals surface area contributed by atoms with E-state index in [2.05, 4.69) is 19.4 Å². The molecule has 1 aromatic carbocycles. The number of fused-ring (bicyclic) bond motifs is 1. The van der Waals surface area contributed by atoms with Gasteiger partial charge < -0.3 is 10.6 Å². The molecule has 2 aromatic rings. The molecule has 1 saturated heterocycles. The number of thiazole rings is 1. The van der Waals surface area contributed by atoms with E-state index in [1.54, 1.807) is 16.5 Å². The molecule has 3 aliphatic rings. The van der Waals surface area contributed by atoms with Gasteiger partial charge in [0.1, 0.15) is 11.9 Å². The SMILES string of the molecule is NC=C(C=NC(F)F)C1=C2C[C@H](NS(=O)(=O)NC3CC3)CN2C(c2nccs2)=N[C@H]1c1ccc(F)cc1Cl. The van der Waals surface area contributed by atoms with E-state index in [-0.39, 0.29) is 29.6 Å². The summed E-state index contributed by atoms with van der Waals surface area (Å²) in [5, 5.41) is 2.41. The van der Waals surface area contributed by atoms with E-state index in [1.807, 2.05) is 0 Å². The van der Waals surface area contributed by atoms with E-state index in [0.717, 1.165) is 31.3 Å². The van der Waals surface area contributed by atoms with Crippen molar-refractivity contribution >= 4 is 45.2 Å². The maximum atomic E-state index is 13.9. The summed E-state index contributed by atoms with van der Waals surface area (Å²) in [5.74, 6) is -0.106. The maximum Gasteiger partial charge on any atom is 0.331 e. The molecule has 0 unspecified atom stereocenters. The number of nitrogens with one attached hydrogen (secondary N) is 2. The van der Waals surface area contributed by atoms with Crippen molar-refractivity contribution in [3.8, 4) is 0 Å². The van der Waals surface area contributed by atoms with Crippen LogP contribution in [0.5, 0.6) is 0 Å². The molecule has 2 fully saturated rings. The molecule has 15 heteroatoms. The highest BCUT2D eigenvalue weighted by molar-refractivity contribution is 7.87. The number of rotatable bonds is 9. The molecule has 202 valence electrons. The van der Waals surface area contributed by atoms with Crippen molar-refractivity contribution in [2.75, 3.05) is 6.54 Å². The highest BCUT2D eigenvalue weighted by Crippen LogP contribution is 2.44. The maximum absolute atomic E-state index is 13.9. The molecular weight excluding hydrogens is 563 g/mol. The zero-order valence-electron chi connectivity index (χ0n) is 19.7. The van der Waals surface area contributed by atoms with Gasteiger partial charge in [-0.05, 0) is 30.5 Å². The highest BCUT2D eigenvalue weighted by atomic mass is 35.5. The summed E-state index contributed by atoms with van der Waals surface area (Å²) in [6.45, 7) is -2.77. The molecule has 0 amide bonds. The minimum absolute atomic E-state index is 0.0786. The van der Waals surface area contributed by atoms with Crippen molar-refractivity contribution < 1.29 is 21.6 Å². The average Bonchev–Trinajstić information content (AvgIpc) is 3.30. The number of aromatic nitrogens is 1. The van der Waals surface area contributed by atoms with Crippen LogP contribution in [0.4, 0.5) is 13.2 Å². The fourth-order valence-corrected chi connectivity index (χ4v) is 6.74. The van der Waals surface area contributed by atoms with E-state index in [9.17, 15) is 21.6 Å². The Hall–Kier alpha value is -2.78. The first-order chi connectivity index (χ1) is 18.1. The number of benzene rings is 1. The minimum atomic E-state index is -3.79. The first-order valence-corrected chi connectivity index (χ1v) is 14.4. The molecule has 0 radical (unpaired) electrons. The molecule has 3 heterocycles. The number of amidine groups is 1. The summed E-state index contributed by atoms with van der Waals surface area (Å²) in [5.41, 5.74) is 7.43. The molecule has 2 atom stereocenters. The van der Waals surface area contributed by atoms with Gasteiger partial charge in [-0.1, -0.05) is 17.7 Å². The monoisotopic (exact) mass is 585 g/mol. The zero-order valence-corrected chi connectivity index (χ0v) is 22.1. The molecular formula is C23H23ClF3N7O2S2. The molecule has 1 aliphatic carbocycles. The minimum Gasteiger partial charge on any atom is -0.404 e. The van der Waals surface area contributed by atoms with Gasteiger partial charge in [0.2, 0.25) is 0 Å². The summed E-state index contributed by atoms with van der Waals surface area (Å²) in [6.07, 6.45) is 5.45. The van der Waals surface area contributed by atoms with Gasteiger partial charge in [-0.3, -0.25) is 4.99 Å². The molecule has 0 bridgehead atoms. The van der Waals surface area contributed by atoms with Gasteiger partial charge in [0.15, 0.2) is 10.8 Å². The van der Waals surface area contributed by atoms with Crippen LogP contribution in [0.25, 0.3) is 0 Å². The largest absolute Gasteiger partial charge is 0.404 e. The summed E-state index contributed by atoms with van der Waals surface area (Å²) < 4.78 is 70.6. The Kier molecular flexibility index (Phi) is 7.60. The van der Waals surface area contributed by atoms with Crippen molar-refractivity contribution in [3.05, 3.63) is 74.2 Å². The molecule has 38 heavy (non-hydrogen) atoms. The van der Waals surface area contributed by atoms with Crippen LogP contribution in [0.15, 0.2) is 62.8 Å². The van der Waals surface area contributed by atoms with E-state index in [1.165, 1.54) is 23.5 Å². The molecule has 1 aromatic heterocycles. The molecule has 0 spiro atoms. The fraction of sp³-hybridized carbons (Fsp3) is 0.348. The Morgan fingerprint density at radius 3 is 2.68 bits per heavy atom. The van der Waals surface area contributed by atoms with Crippen molar-refractivity contribution in [1.29, 1.82) is 0 Å². The number of nitrogens with two attached hydrogens (primary N) is 1. The van der Waals surface area contributed by atoms with Crippen LogP contribution >= 0.6 is 22.9 Å². The van der Waals surface area contributed by atoms with Crippen molar-refractivity contribution in [1.82, 2.24) is 19.3 Å². The number of hydrogen-bond acceptors (Lipinski definition) is 8. The zero-order chi connectivity index (χ0) is 27.0.